The molecule has 1 aromatic carbocycles. The SMILES string of the molecule is CC(NC(=O)Nc1cccc(CC(=O)O)c1)C1CC1. The Morgan fingerprint density at radius 3 is 2.79 bits per heavy atom. The number of hydrogen-bond acceptors (Lipinski definition) is 2. The fraction of sp³-hybridized carbons (Fsp3) is 0.429. The lowest BCUT2D eigenvalue weighted by molar-refractivity contribution is -0.136. The van der Waals surface area contributed by atoms with Crippen molar-refractivity contribution in [1.29, 1.82) is 0 Å². The second-order valence-corrected chi connectivity index (χ2v) is 5.00. The molecule has 0 heterocycles. The minimum atomic E-state index is -0.885. The van der Waals surface area contributed by atoms with Gasteiger partial charge in [0.15, 0.2) is 0 Å². The number of benzene rings is 1. The van der Waals surface area contributed by atoms with Crippen LogP contribution in [-0.4, -0.2) is 23.1 Å². The highest BCUT2D eigenvalue weighted by Crippen LogP contribution is 2.32. The van der Waals surface area contributed by atoms with Crippen molar-refractivity contribution in [2.45, 2.75) is 32.2 Å². The molecule has 102 valence electrons. The van der Waals surface area contributed by atoms with Crippen molar-refractivity contribution >= 4 is 17.7 Å². The van der Waals surface area contributed by atoms with Gasteiger partial charge >= 0.3 is 12.0 Å². The van der Waals surface area contributed by atoms with Crippen LogP contribution in [-0.2, 0) is 11.2 Å². The molecule has 0 aliphatic heterocycles. The molecule has 0 spiro atoms. The zero-order valence-electron chi connectivity index (χ0n) is 10.8. The molecule has 1 unspecified atom stereocenters. The largest absolute Gasteiger partial charge is 0.481 e. The Morgan fingerprint density at radius 2 is 2.16 bits per heavy atom. The van der Waals surface area contributed by atoms with E-state index in [-0.39, 0.29) is 18.5 Å². The first kappa shape index (κ1) is 13.4. The van der Waals surface area contributed by atoms with E-state index in [2.05, 4.69) is 10.6 Å². The maximum atomic E-state index is 11.8. The van der Waals surface area contributed by atoms with Gasteiger partial charge in [-0.1, -0.05) is 12.1 Å². The maximum Gasteiger partial charge on any atom is 0.319 e. The van der Waals surface area contributed by atoms with Crippen LogP contribution in [0.3, 0.4) is 0 Å². The lowest BCUT2D eigenvalue weighted by atomic mass is 10.1. The number of nitrogens with one attached hydrogen (secondary N) is 2. The Morgan fingerprint density at radius 1 is 1.42 bits per heavy atom. The van der Waals surface area contributed by atoms with Gasteiger partial charge in [-0.2, -0.15) is 0 Å². The number of amides is 2. The molecule has 0 aromatic heterocycles. The van der Waals surface area contributed by atoms with E-state index in [1.54, 1.807) is 24.3 Å². The van der Waals surface area contributed by atoms with Crippen LogP contribution in [0.4, 0.5) is 10.5 Å². The molecule has 1 fully saturated rings. The molecule has 3 N–H and O–H groups in total. The first-order chi connectivity index (χ1) is 9.04. The molecule has 1 aliphatic rings. The number of carboxylic acids is 1. The highest BCUT2D eigenvalue weighted by molar-refractivity contribution is 5.89. The van der Waals surface area contributed by atoms with Gasteiger partial charge in [0.05, 0.1) is 6.42 Å². The van der Waals surface area contributed by atoms with Crippen LogP contribution in [0, 0.1) is 5.92 Å². The van der Waals surface area contributed by atoms with Crippen molar-refractivity contribution < 1.29 is 14.7 Å². The second kappa shape index (κ2) is 5.73. The summed E-state index contributed by atoms with van der Waals surface area (Å²) in [5.41, 5.74) is 1.28. The molecule has 1 aliphatic carbocycles. The Hall–Kier alpha value is -2.04. The van der Waals surface area contributed by atoms with Crippen LogP contribution >= 0.6 is 0 Å². The van der Waals surface area contributed by atoms with Gasteiger partial charge in [0.1, 0.15) is 0 Å². The Labute approximate surface area is 112 Å². The van der Waals surface area contributed by atoms with E-state index < -0.39 is 5.97 Å². The third-order valence-electron chi connectivity index (χ3n) is 3.23. The maximum absolute atomic E-state index is 11.8. The van der Waals surface area contributed by atoms with E-state index in [4.69, 9.17) is 5.11 Å². The number of aliphatic carboxylic acids is 1. The summed E-state index contributed by atoms with van der Waals surface area (Å²) in [5, 5.41) is 14.3. The van der Waals surface area contributed by atoms with Crippen LogP contribution in [0.15, 0.2) is 24.3 Å². The lowest BCUT2D eigenvalue weighted by Crippen LogP contribution is -2.37. The molecule has 0 radical (unpaired) electrons. The molecule has 2 rings (SSSR count). The van der Waals surface area contributed by atoms with Gasteiger partial charge in [-0.05, 0) is 43.4 Å². The average molecular weight is 262 g/mol. The van der Waals surface area contributed by atoms with Crippen molar-refractivity contribution in [3.05, 3.63) is 29.8 Å². The summed E-state index contributed by atoms with van der Waals surface area (Å²) >= 11 is 0. The van der Waals surface area contributed by atoms with E-state index in [1.807, 2.05) is 6.92 Å². The van der Waals surface area contributed by atoms with E-state index in [9.17, 15) is 9.59 Å². The summed E-state index contributed by atoms with van der Waals surface area (Å²) in [6, 6.07) is 6.82. The molecular weight excluding hydrogens is 244 g/mol. The highest BCUT2D eigenvalue weighted by atomic mass is 16.4. The Kier molecular flexibility index (Phi) is 4.04. The topological polar surface area (TPSA) is 78.4 Å². The summed E-state index contributed by atoms with van der Waals surface area (Å²) in [4.78, 5) is 22.4. The van der Waals surface area contributed by atoms with Crippen molar-refractivity contribution in [1.82, 2.24) is 5.32 Å². The summed E-state index contributed by atoms with van der Waals surface area (Å²) < 4.78 is 0. The van der Waals surface area contributed by atoms with Crippen molar-refractivity contribution in [2.24, 2.45) is 5.92 Å². The standard InChI is InChI=1S/C14H18N2O3/c1-9(11-5-6-11)15-14(19)16-12-4-2-3-10(7-12)8-13(17)18/h2-4,7,9,11H,5-6,8H2,1H3,(H,17,18)(H2,15,16,19). The highest BCUT2D eigenvalue weighted by Gasteiger charge is 2.28. The average Bonchev–Trinajstić information content (AvgIpc) is 3.11. The predicted octanol–water partition coefficient (Wildman–Crippen LogP) is 2.23. The van der Waals surface area contributed by atoms with Crippen molar-refractivity contribution in [3.63, 3.8) is 0 Å². The molecule has 0 bridgehead atoms. The van der Waals surface area contributed by atoms with Gasteiger partial charge in [0.2, 0.25) is 0 Å². The first-order valence-corrected chi connectivity index (χ1v) is 6.43. The normalized spacial score (nSPS) is 15.6. The molecule has 5 nitrogen and oxygen atoms in total. The van der Waals surface area contributed by atoms with Gasteiger partial charge in [0, 0.05) is 11.7 Å². The van der Waals surface area contributed by atoms with Gasteiger partial charge in [-0.25, -0.2) is 4.79 Å². The molecule has 2 amide bonds. The Balaban J connectivity index is 1.90. The number of hydrogen-bond donors (Lipinski definition) is 3. The van der Waals surface area contributed by atoms with Crippen LogP contribution in [0.25, 0.3) is 0 Å². The van der Waals surface area contributed by atoms with Crippen LogP contribution < -0.4 is 10.6 Å². The molecule has 1 atom stereocenters. The van der Waals surface area contributed by atoms with Crippen LogP contribution in [0.1, 0.15) is 25.3 Å². The van der Waals surface area contributed by atoms with Gasteiger partial charge in [-0.15, -0.1) is 0 Å². The smallest absolute Gasteiger partial charge is 0.319 e. The molecule has 0 saturated heterocycles. The van der Waals surface area contributed by atoms with E-state index in [0.717, 1.165) is 0 Å². The summed E-state index contributed by atoms with van der Waals surface area (Å²) in [7, 11) is 0. The van der Waals surface area contributed by atoms with Gasteiger partial charge in [0.25, 0.3) is 0 Å². The molecular formula is C14H18N2O3. The lowest BCUT2D eigenvalue weighted by Gasteiger charge is -2.14. The minimum Gasteiger partial charge on any atom is -0.481 e. The summed E-state index contributed by atoms with van der Waals surface area (Å²) in [6.07, 6.45) is 2.31. The second-order valence-electron chi connectivity index (χ2n) is 5.00. The molecule has 19 heavy (non-hydrogen) atoms. The number of carbonyl (C=O) groups excluding carboxylic acids is 1. The zero-order valence-corrected chi connectivity index (χ0v) is 10.8. The zero-order chi connectivity index (χ0) is 13.8. The van der Waals surface area contributed by atoms with Crippen LogP contribution in [0.2, 0.25) is 0 Å². The van der Waals surface area contributed by atoms with Crippen molar-refractivity contribution in [3.8, 4) is 0 Å². The summed E-state index contributed by atoms with van der Waals surface area (Å²) in [6.45, 7) is 2.00. The quantitative estimate of drug-likeness (QED) is 0.761. The van der Waals surface area contributed by atoms with E-state index >= 15 is 0 Å². The van der Waals surface area contributed by atoms with Gasteiger partial charge in [-0.3, -0.25) is 4.79 Å². The summed E-state index contributed by atoms with van der Waals surface area (Å²) in [5.74, 6) is -0.284. The van der Waals surface area contributed by atoms with Crippen LogP contribution in [0.5, 0.6) is 0 Å². The fourth-order valence-electron chi connectivity index (χ4n) is 2.02. The number of carboxylic acid groups (broad SMARTS) is 1. The third kappa shape index (κ3) is 4.28. The first-order valence-electron chi connectivity index (χ1n) is 6.43. The number of carbonyl (C=O) groups is 2. The fourth-order valence-corrected chi connectivity index (χ4v) is 2.02. The minimum absolute atomic E-state index is 0.0460. The van der Waals surface area contributed by atoms with Gasteiger partial charge < -0.3 is 15.7 Å². The number of urea groups is 1. The molecule has 1 saturated carbocycles. The number of anilines is 1. The van der Waals surface area contributed by atoms with E-state index in [0.29, 0.717) is 17.2 Å². The van der Waals surface area contributed by atoms with Crippen molar-refractivity contribution in [2.75, 3.05) is 5.32 Å². The Bertz CT molecular complexity index is 483. The molecule has 1 aromatic rings. The predicted molar refractivity (Wildman–Crippen MR) is 72.1 cm³/mol. The number of rotatable bonds is 5. The van der Waals surface area contributed by atoms with E-state index in [1.165, 1.54) is 12.8 Å². The third-order valence-corrected chi connectivity index (χ3v) is 3.23. The monoisotopic (exact) mass is 262 g/mol. The molecule has 5 heteroatoms.